The van der Waals surface area contributed by atoms with Crippen LogP contribution in [0.5, 0.6) is 5.75 Å². The Hall–Kier alpha value is -0.520. The monoisotopic (exact) mass is 319 g/mol. The summed E-state index contributed by atoms with van der Waals surface area (Å²) in [6.07, 6.45) is 1.76. The van der Waals surface area contributed by atoms with Gasteiger partial charge in [0.2, 0.25) is 0 Å². The number of hydrogen-bond acceptors (Lipinski definition) is 4. The van der Waals surface area contributed by atoms with E-state index >= 15 is 0 Å². The van der Waals surface area contributed by atoms with Gasteiger partial charge in [-0.05, 0) is 31.0 Å². The summed E-state index contributed by atoms with van der Waals surface area (Å²) in [4.78, 5) is 0. The average molecular weight is 320 g/mol. The fourth-order valence-corrected chi connectivity index (χ4v) is 2.53. The van der Waals surface area contributed by atoms with E-state index in [4.69, 9.17) is 32.7 Å². The smallest absolute Gasteiger partial charge is 0.138 e. The second kappa shape index (κ2) is 7.48. The maximum absolute atomic E-state index is 9.86. The number of ether oxygens (including phenoxy) is 2. The molecule has 0 aromatic heterocycles. The van der Waals surface area contributed by atoms with Gasteiger partial charge in [-0.25, -0.2) is 0 Å². The van der Waals surface area contributed by atoms with Crippen molar-refractivity contribution in [1.82, 2.24) is 5.32 Å². The largest absolute Gasteiger partial charge is 0.489 e. The predicted molar refractivity (Wildman–Crippen MR) is 79.8 cm³/mol. The molecule has 1 aliphatic carbocycles. The summed E-state index contributed by atoms with van der Waals surface area (Å²) >= 11 is 11.8. The first-order valence-corrected chi connectivity index (χ1v) is 7.36. The molecule has 1 aliphatic rings. The van der Waals surface area contributed by atoms with Crippen molar-refractivity contribution in [2.75, 3.05) is 20.3 Å². The van der Waals surface area contributed by atoms with Crippen LogP contribution >= 0.6 is 23.2 Å². The predicted octanol–water partition coefficient (Wildman–Crippen LogP) is 2.50. The molecule has 6 heteroatoms. The van der Waals surface area contributed by atoms with Crippen molar-refractivity contribution in [3.63, 3.8) is 0 Å². The number of halogens is 2. The third-order valence-electron chi connectivity index (χ3n) is 3.40. The van der Waals surface area contributed by atoms with E-state index in [0.29, 0.717) is 34.5 Å². The number of nitrogens with one attached hydrogen (secondary N) is 1. The normalized spacial score (nSPS) is 23.2. The van der Waals surface area contributed by atoms with E-state index in [9.17, 15) is 5.11 Å². The molecule has 1 unspecified atom stereocenters. The third-order valence-corrected chi connectivity index (χ3v) is 3.93. The van der Waals surface area contributed by atoms with Crippen LogP contribution in [0.3, 0.4) is 0 Å². The second-order valence-electron chi connectivity index (χ2n) is 4.97. The molecule has 1 fully saturated rings. The highest BCUT2D eigenvalue weighted by atomic mass is 35.5. The van der Waals surface area contributed by atoms with E-state index in [0.717, 1.165) is 12.8 Å². The van der Waals surface area contributed by atoms with Gasteiger partial charge in [-0.15, -0.1) is 0 Å². The molecule has 112 valence electrons. The Labute approximate surface area is 129 Å². The lowest BCUT2D eigenvalue weighted by Gasteiger charge is -2.35. The highest BCUT2D eigenvalue weighted by Gasteiger charge is 2.28. The molecular weight excluding hydrogens is 301 g/mol. The van der Waals surface area contributed by atoms with Gasteiger partial charge in [-0.2, -0.15) is 0 Å². The first-order valence-electron chi connectivity index (χ1n) is 6.60. The maximum Gasteiger partial charge on any atom is 0.138 e. The van der Waals surface area contributed by atoms with Crippen molar-refractivity contribution in [3.8, 4) is 5.75 Å². The average Bonchev–Trinajstić information content (AvgIpc) is 2.36. The van der Waals surface area contributed by atoms with E-state index in [2.05, 4.69) is 5.32 Å². The first-order chi connectivity index (χ1) is 9.58. The SMILES string of the molecule is COC1CC(NCC(O)COc2ccc(Cl)cc2Cl)C1. The molecule has 0 saturated heterocycles. The summed E-state index contributed by atoms with van der Waals surface area (Å²) in [6.45, 7) is 0.682. The molecule has 20 heavy (non-hydrogen) atoms. The number of methoxy groups -OCH3 is 1. The Morgan fingerprint density at radius 1 is 1.40 bits per heavy atom. The fourth-order valence-electron chi connectivity index (χ4n) is 2.06. The van der Waals surface area contributed by atoms with Crippen molar-refractivity contribution in [1.29, 1.82) is 0 Å². The van der Waals surface area contributed by atoms with Crippen LogP contribution in [-0.4, -0.2) is 43.6 Å². The molecule has 0 bridgehead atoms. The lowest BCUT2D eigenvalue weighted by Crippen LogP contribution is -2.48. The van der Waals surface area contributed by atoms with Crippen molar-refractivity contribution < 1.29 is 14.6 Å². The number of hydrogen-bond donors (Lipinski definition) is 2. The molecular formula is C14H19Cl2NO3. The molecule has 1 aromatic carbocycles. The summed E-state index contributed by atoms with van der Waals surface area (Å²) in [5, 5.41) is 14.1. The molecule has 2 N–H and O–H groups in total. The second-order valence-corrected chi connectivity index (χ2v) is 5.82. The lowest BCUT2D eigenvalue weighted by atomic mass is 9.89. The van der Waals surface area contributed by atoms with Crippen LogP contribution in [0.4, 0.5) is 0 Å². The Bertz CT molecular complexity index is 438. The molecule has 0 spiro atoms. The van der Waals surface area contributed by atoms with Gasteiger partial charge < -0.3 is 19.9 Å². The minimum absolute atomic E-state index is 0.189. The van der Waals surface area contributed by atoms with Gasteiger partial charge in [0, 0.05) is 24.7 Å². The Morgan fingerprint density at radius 2 is 2.15 bits per heavy atom. The van der Waals surface area contributed by atoms with Crippen LogP contribution < -0.4 is 10.1 Å². The van der Waals surface area contributed by atoms with Crippen LogP contribution in [-0.2, 0) is 4.74 Å². The van der Waals surface area contributed by atoms with E-state index in [-0.39, 0.29) is 6.61 Å². The van der Waals surface area contributed by atoms with Crippen molar-refractivity contribution in [2.45, 2.75) is 31.1 Å². The van der Waals surface area contributed by atoms with Gasteiger partial charge in [0.25, 0.3) is 0 Å². The summed E-state index contributed by atoms with van der Waals surface area (Å²) in [5.74, 6) is 0.526. The summed E-state index contributed by atoms with van der Waals surface area (Å²) in [5.41, 5.74) is 0. The van der Waals surface area contributed by atoms with Crippen molar-refractivity contribution in [2.24, 2.45) is 0 Å². The van der Waals surface area contributed by atoms with Gasteiger partial charge in [-0.3, -0.25) is 0 Å². The Kier molecular flexibility index (Phi) is 5.93. The van der Waals surface area contributed by atoms with Gasteiger partial charge in [0.05, 0.1) is 11.1 Å². The number of rotatable bonds is 7. The molecule has 1 saturated carbocycles. The van der Waals surface area contributed by atoms with Crippen LogP contribution in [0.25, 0.3) is 0 Å². The van der Waals surface area contributed by atoms with E-state index in [1.54, 1.807) is 25.3 Å². The van der Waals surface area contributed by atoms with Crippen LogP contribution in [0.15, 0.2) is 18.2 Å². The highest BCUT2D eigenvalue weighted by molar-refractivity contribution is 6.35. The molecule has 0 heterocycles. The quantitative estimate of drug-likeness (QED) is 0.810. The standard InChI is InChI=1S/C14H19Cl2NO3/c1-19-12-5-10(6-12)17-7-11(18)8-20-14-3-2-9(15)4-13(14)16/h2-4,10-12,17-18H,5-8H2,1H3. The van der Waals surface area contributed by atoms with Crippen molar-refractivity contribution in [3.05, 3.63) is 28.2 Å². The lowest BCUT2D eigenvalue weighted by molar-refractivity contribution is 0.0117. The summed E-state index contributed by atoms with van der Waals surface area (Å²) in [7, 11) is 1.72. The van der Waals surface area contributed by atoms with Crippen molar-refractivity contribution >= 4 is 23.2 Å². The number of benzene rings is 1. The van der Waals surface area contributed by atoms with Gasteiger partial charge in [-0.1, -0.05) is 23.2 Å². The fraction of sp³-hybridized carbons (Fsp3) is 0.571. The topological polar surface area (TPSA) is 50.7 Å². The van der Waals surface area contributed by atoms with Crippen LogP contribution in [0.1, 0.15) is 12.8 Å². The van der Waals surface area contributed by atoms with E-state index in [1.807, 2.05) is 0 Å². The zero-order valence-electron chi connectivity index (χ0n) is 11.3. The van der Waals surface area contributed by atoms with E-state index in [1.165, 1.54) is 0 Å². The van der Waals surface area contributed by atoms with Gasteiger partial charge in [0.15, 0.2) is 0 Å². The summed E-state index contributed by atoms with van der Waals surface area (Å²) < 4.78 is 10.7. The molecule has 0 radical (unpaired) electrons. The van der Waals surface area contributed by atoms with Gasteiger partial charge in [0.1, 0.15) is 18.5 Å². The third kappa shape index (κ3) is 4.50. The molecule has 0 aliphatic heterocycles. The Morgan fingerprint density at radius 3 is 2.80 bits per heavy atom. The minimum atomic E-state index is -0.580. The van der Waals surface area contributed by atoms with Crippen LogP contribution in [0.2, 0.25) is 10.0 Å². The molecule has 4 nitrogen and oxygen atoms in total. The zero-order valence-corrected chi connectivity index (χ0v) is 12.8. The molecule has 0 amide bonds. The van der Waals surface area contributed by atoms with E-state index < -0.39 is 6.10 Å². The number of aliphatic hydroxyl groups is 1. The first kappa shape index (κ1) is 15.9. The molecule has 1 atom stereocenters. The highest BCUT2D eigenvalue weighted by Crippen LogP contribution is 2.27. The summed E-state index contributed by atoms with van der Waals surface area (Å²) in [6, 6.07) is 5.43. The van der Waals surface area contributed by atoms with Crippen LogP contribution in [0, 0.1) is 0 Å². The molecule has 2 rings (SSSR count). The number of aliphatic hydroxyl groups excluding tert-OH is 1. The molecule has 1 aromatic rings. The maximum atomic E-state index is 9.86. The van der Waals surface area contributed by atoms with Gasteiger partial charge >= 0.3 is 0 Å². The minimum Gasteiger partial charge on any atom is -0.489 e. The zero-order chi connectivity index (χ0) is 14.5. The Balaban J connectivity index is 1.66.